The van der Waals surface area contributed by atoms with E-state index < -0.39 is 6.04 Å². The number of halogens is 1. The normalized spacial score (nSPS) is 15.2. The van der Waals surface area contributed by atoms with Crippen LogP contribution in [-0.4, -0.2) is 35.4 Å². The number of ether oxygens (including phenoxy) is 1. The van der Waals surface area contributed by atoms with Crippen molar-refractivity contribution >= 4 is 23.4 Å². The highest BCUT2D eigenvalue weighted by Crippen LogP contribution is 2.19. The van der Waals surface area contributed by atoms with E-state index >= 15 is 0 Å². The summed E-state index contributed by atoms with van der Waals surface area (Å²) in [6, 6.07) is 14.5. The Bertz CT molecular complexity index is 879. The van der Waals surface area contributed by atoms with Crippen molar-refractivity contribution in [3.05, 3.63) is 64.7 Å². The van der Waals surface area contributed by atoms with Gasteiger partial charge in [-0.1, -0.05) is 60.7 Å². The van der Waals surface area contributed by atoms with Crippen LogP contribution in [0.25, 0.3) is 0 Å². The third-order valence-corrected chi connectivity index (χ3v) is 5.98. The van der Waals surface area contributed by atoms with Crippen LogP contribution in [0.3, 0.4) is 0 Å². The van der Waals surface area contributed by atoms with E-state index in [9.17, 15) is 9.59 Å². The maximum atomic E-state index is 13.1. The molecule has 1 fully saturated rings. The predicted molar refractivity (Wildman–Crippen MR) is 123 cm³/mol. The highest BCUT2D eigenvalue weighted by molar-refractivity contribution is 6.30. The monoisotopic (exact) mass is 442 g/mol. The van der Waals surface area contributed by atoms with Crippen LogP contribution >= 0.6 is 11.6 Å². The quantitative estimate of drug-likeness (QED) is 0.633. The van der Waals surface area contributed by atoms with Gasteiger partial charge in [0.25, 0.3) is 5.91 Å². The molecule has 1 N–H and O–H groups in total. The van der Waals surface area contributed by atoms with Gasteiger partial charge in [-0.15, -0.1) is 0 Å². The zero-order valence-electron chi connectivity index (χ0n) is 18.3. The van der Waals surface area contributed by atoms with E-state index in [-0.39, 0.29) is 31.0 Å². The van der Waals surface area contributed by atoms with Crippen LogP contribution in [0.1, 0.15) is 50.2 Å². The Morgan fingerprint density at radius 3 is 2.52 bits per heavy atom. The molecule has 0 unspecified atom stereocenters. The molecule has 0 radical (unpaired) electrons. The molecule has 0 bridgehead atoms. The van der Waals surface area contributed by atoms with Crippen molar-refractivity contribution in [2.75, 3.05) is 6.61 Å². The number of benzene rings is 2. The van der Waals surface area contributed by atoms with Crippen molar-refractivity contribution in [1.82, 2.24) is 10.2 Å². The zero-order valence-corrected chi connectivity index (χ0v) is 19.0. The SMILES string of the molecule is Cc1ccc(OCC(=O)N(Cc2cccc(Cl)c2)[C@@H](C)C(=O)NC2CCCCC2)cc1. The summed E-state index contributed by atoms with van der Waals surface area (Å²) >= 11 is 6.13. The summed E-state index contributed by atoms with van der Waals surface area (Å²) in [4.78, 5) is 27.6. The first-order valence-electron chi connectivity index (χ1n) is 11.0. The number of rotatable bonds is 8. The van der Waals surface area contributed by atoms with E-state index in [2.05, 4.69) is 5.32 Å². The molecule has 0 saturated heterocycles. The first-order valence-corrected chi connectivity index (χ1v) is 11.3. The summed E-state index contributed by atoms with van der Waals surface area (Å²) in [7, 11) is 0. The van der Waals surface area contributed by atoms with Crippen LogP contribution in [0.4, 0.5) is 0 Å². The van der Waals surface area contributed by atoms with E-state index in [1.165, 1.54) is 6.42 Å². The third kappa shape index (κ3) is 7.00. The number of carbonyl (C=O) groups is 2. The number of amides is 2. The molecule has 2 aromatic carbocycles. The molecule has 5 nitrogen and oxygen atoms in total. The van der Waals surface area contributed by atoms with E-state index in [4.69, 9.17) is 16.3 Å². The van der Waals surface area contributed by atoms with Gasteiger partial charge < -0.3 is 15.0 Å². The van der Waals surface area contributed by atoms with Crippen LogP contribution < -0.4 is 10.1 Å². The first-order chi connectivity index (χ1) is 14.9. The van der Waals surface area contributed by atoms with Crippen molar-refractivity contribution in [2.45, 2.75) is 64.6 Å². The molecule has 0 heterocycles. The van der Waals surface area contributed by atoms with Crippen LogP contribution in [0, 0.1) is 6.92 Å². The van der Waals surface area contributed by atoms with Gasteiger partial charge in [-0.25, -0.2) is 0 Å². The molecule has 1 atom stereocenters. The molecule has 6 heteroatoms. The van der Waals surface area contributed by atoms with Gasteiger partial charge in [0.05, 0.1) is 0 Å². The highest BCUT2D eigenvalue weighted by Gasteiger charge is 2.28. The Labute approximate surface area is 189 Å². The predicted octanol–water partition coefficient (Wildman–Crippen LogP) is 4.89. The van der Waals surface area contributed by atoms with Crippen molar-refractivity contribution < 1.29 is 14.3 Å². The van der Waals surface area contributed by atoms with Crippen molar-refractivity contribution in [1.29, 1.82) is 0 Å². The molecular formula is C25H31ClN2O3. The van der Waals surface area contributed by atoms with Crippen LogP contribution in [0.5, 0.6) is 5.75 Å². The lowest BCUT2D eigenvalue weighted by Gasteiger charge is -2.31. The van der Waals surface area contributed by atoms with Crippen LogP contribution in [0.2, 0.25) is 5.02 Å². The second-order valence-corrected chi connectivity index (χ2v) is 8.71. The zero-order chi connectivity index (χ0) is 22.2. The minimum Gasteiger partial charge on any atom is -0.484 e. The third-order valence-electron chi connectivity index (χ3n) is 5.74. The Hall–Kier alpha value is -2.53. The van der Waals surface area contributed by atoms with E-state index in [0.29, 0.717) is 10.8 Å². The maximum absolute atomic E-state index is 13.1. The highest BCUT2D eigenvalue weighted by atomic mass is 35.5. The van der Waals surface area contributed by atoms with Gasteiger partial charge in [0.1, 0.15) is 11.8 Å². The Morgan fingerprint density at radius 1 is 1.13 bits per heavy atom. The summed E-state index contributed by atoms with van der Waals surface area (Å²) in [6.45, 7) is 3.92. The molecule has 0 spiro atoms. The number of carbonyl (C=O) groups excluding carboxylic acids is 2. The standard InChI is InChI=1S/C25H31ClN2O3/c1-18-11-13-23(14-12-18)31-17-24(29)28(16-20-7-6-8-21(26)15-20)19(2)25(30)27-22-9-4-3-5-10-22/h6-8,11-15,19,22H,3-5,9-10,16-17H2,1-2H3,(H,27,30)/t19-/m0/s1. The largest absolute Gasteiger partial charge is 0.484 e. The summed E-state index contributed by atoms with van der Waals surface area (Å²) in [6.07, 6.45) is 5.48. The van der Waals surface area contributed by atoms with Gasteiger partial charge in [0.15, 0.2) is 6.61 Å². The lowest BCUT2D eigenvalue weighted by molar-refractivity contribution is -0.142. The van der Waals surface area contributed by atoms with E-state index in [1.54, 1.807) is 17.9 Å². The average Bonchev–Trinajstić information content (AvgIpc) is 2.77. The lowest BCUT2D eigenvalue weighted by Crippen LogP contribution is -2.51. The smallest absolute Gasteiger partial charge is 0.261 e. The summed E-state index contributed by atoms with van der Waals surface area (Å²) in [5.41, 5.74) is 1.99. The van der Waals surface area contributed by atoms with E-state index in [0.717, 1.165) is 36.8 Å². The molecule has 1 aliphatic rings. The molecule has 166 valence electrons. The van der Waals surface area contributed by atoms with Gasteiger partial charge in [-0.3, -0.25) is 9.59 Å². The van der Waals surface area contributed by atoms with E-state index in [1.807, 2.05) is 49.4 Å². The van der Waals surface area contributed by atoms with Gasteiger partial charge in [0.2, 0.25) is 5.91 Å². The fraction of sp³-hybridized carbons (Fsp3) is 0.440. The fourth-order valence-corrected chi connectivity index (χ4v) is 4.06. The molecule has 1 saturated carbocycles. The van der Waals surface area contributed by atoms with Gasteiger partial charge >= 0.3 is 0 Å². The number of nitrogens with zero attached hydrogens (tertiary/aromatic N) is 1. The Balaban J connectivity index is 1.70. The first kappa shape index (κ1) is 23.1. The second kappa shape index (κ2) is 11.2. The van der Waals surface area contributed by atoms with Gasteiger partial charge in [-0.2, -0.15) is 0 Å². The molecule has 0 aliphatic heterocycles. The molecule has 1 aliphatic carbocycles. The molecule has 31 heavy (non-hydrogen) atoms. The maximum Gasteiger partial charge on any atom is 0.261 e. The summed E-state index contributed by atoms with van der Waals surface area (Å²) in [5, 5.41) is 3.73. The van der Waals surface area contributed by atoms with Crippen LogP contribution in [-0.2, 0) is 16.1 Å². The molecule has 2 amide bonds. The fourth-order valence-electron chi connectivity index (χ4n) is 3.85. The van der Waals surface area contributed by atoms with Crippen molar-refractivity contribution in [3.63, 3.8) is 0 Å². The number of nitrogens with one attached hydrogen (secondary N) is 1. The summed E-state index contributed by atoms with van der Waals surface area (Å²) < 4.78 is 5.70. The second-order valence-electron chi connectivity index (χ2n) is 8.27. The van der Waals surface area contributed by atoms with Gasteiger partial charge in [0, 0.05) is 17.6 Å². The topological polar surface area (TPSA) is 58.6 Å². The number of aryl methyl sites for hydroxylation is 1. The molecular weight excluding hydrogens is 412 g/mol. The minimum atomic E-state index is -0.616. The number of hydrogen-bond donors (Lipinski definition) is 1. The number of hydrogen-bond acceptors (Lipinski definition) is 3. The molecule has 3 rings (SSSR count). The van der Waals surface area contributed by atoms with Gasteiger partial charge in [-0.05, 0) is 56.5 Å². The lowest BCUT2D eigenvalue weighted by atomic mass is 9.95. The van der Waals surface area contributed by atoms with Crippen LogP contribution in [0.15, 0.2) is 48.5 Å². The minimum absolute atomic E-state index is 0.127. The summed E-state index contributed by atoms with van der Waals surface area (Å²) in [5.74, 6) is 0.255. The van der Waals surface area contributed by atoms with Crippen molar-refractivity contribution in [3.8, 4) is 5.75 Å². The van der Waals surface area contributed by atoms with Crippen molar-refractivity contribution in [2.24, 2.45) is 0 Å². The average molecular weight is 443 g/mol. The Kier molecular flexibility index (Phi) is 8.35. The molecule has 0 aromatic heterocycles. The molecule has 2 aromatic rings. The Morgan fingerprint density at radius 2 is 1.84 bits per heavy atom.